The molecule has 3 N–H and O–H groups in total. The molecule has 2 atom stereocenters. The molecule has 0 bridgehead atoms. The van der Waals surface area contributed by atoms with Crippen LogP contribution in [-0.4, -0.2) is 54.9 Å². The molecular weight excluding hydrogens is 256 g/mol. The molecule has 0 radical (unpaired) electrons. The van der Waals surface area contributed by atoms with Crippen LogP contribution in [0.4, 0.5) is 4.79 Å². The molecule has 0 aliphatic heterocycles. The van der Waals surface area contributed by atoms with E-state index < -0.39 is 12.1 Å². The van der Waals surface area contributed by atoms with Gasteiger partial charge in [0.2, 0.25) is 0 Å². The Morgan fingerprint density at radius 3 is 2.56 bits per heavy atom. The molecule has 106 valence electrons. The van der Waals surface area contributed by atoms with Gasteiger partial charge in [0, 0.05) is 25.4 Å². The summed E-state index contributed by atoms with van der Waals surface area (Å²) in [6.07, 6.45) is 2.30. The van der Waals surface area contributed by atoms with E-state index in [0.717, 1.165) is 6.42 Å². The lowest BCUT2D eigenvalue weighted by atomic mass is 10.2. The predicted octanol–water partition coefficient (Wildman–Crippen LogP) is 0.917. The average molecular weight is 278 g/mol. The summed E-state index contributed by atoms with van der Waals surface area (Å²) in [6.45, 7) is 2.88. The van der Waals surface area contributed by atoms with Gasteiger partial charge < -0.3 is 20.5 Å². The number of hydrogen-bond donors (Lipinski definition) is 3. The third kappa shape index (κ3) is 9.12. The molecule has 0 fully saturated rings. The third-order valence-electron chi connectivity index (χ3n) is 2.46. The Hall–Kier alpha value is -0.950. The number of urea groups is 1. The first-order valence-corrected chi connectivity index (χ1v) is 7.07. The van der Waals surface area contributed by atoms with Crippen LogP contribution in [0, 0.1) is 0 Å². The molecule has 0 aliphatic rings. The van der Waals surface area contributed by atoms with Gasteiger partial charge >= 0.3 is 12.0 Å². The van der Waals surface area contributed by atoms with Crippen molar-refractivity contribution in [2.24, 2.45) is 0 Å². The Bertz CT molecular complexity index is 263. The normalized spacial score (nSPS) is 13.7. The molecule has 0 aromatic carbocycles. The summed E-state index contributed by atoms with van der Waals surface area (Å²) < 4.78 is 4.94. The number of nitrogens with one attached hydrogen (secondary N) is 2. The van der Waals surface area contributed by atoms with Gasteiger partial charge in [0.1, 0.15) is 0 Å². The lowest BCUT2D eigenvalue weighted by Crippen LogP contribution is -2.41. The summed E-state index contributed by atoms with van der Waals surface area (Å²) in [6, 6.07) is -0.296. The molecule has 0 heterocycles. The second-order valence-electron chi connectivity index (χ2n) is 3.93. The maximum absolute atomic E-state index is 11.4. The van der Waals surface area contributed by atoms with Gasteiger partial charge in [-0.1, -0.05) is 6.92 Å². The van der Waals surface area contributed by atoms with Crippen LogP contribution in [0.25, 0.3) is 0 Å². The fourth-order valence-electron chi connectivity index (χ4n) is 1.21. The highest BCUT2D eigenvalue weighted by Crippen LogP contribution is 2.07. The standard InChI is InChI=1S/C11H22N2O4S/c1-8(18-3)4-5-12-11(16)13-7-9(17-2)6-10(14)15/h8-9H,4-7H2,1-3H3,(H,14,15)(H2,12,13,16). The van der Waals surface area contributed by atoms with Gasteiger partial charge in [-0.25, -0.2) is 4.79 Å². The molecule has 6 nitrogen and oxygen atoms in total. The van der Waals surface area contributed by atoms with Gasteiger partial charge in [-0.15, -0.1) is 0 Å². The van der Waals surface area contributed by atoms with Gasteiger partial charge in [0.05, 0.1) is 12.5 Å². The number of methoxy groups -OCH3 is 1. The van der Waals surface area contributed by atoms with Crippen LogP contribution in [0.1, 0.15) is 19.8 Å². The van der Waals surface area contributed by atoms with Crippen molar-refractivity contribution in [1.82, 2.24) is 10.6 Å². The number of carbonyl (C=O) groups is 2. The lowest BCUT2D eigenvalue weighted by Gasteiger charge is -2.15. The molecule has 0 aliphatic carbocycles. The second kappa shape index (κ2) is 10.0. The summed E-state index contributed by atoms with van der Waals surface area (Å²) in [5.41, 5.74) is 0. The number of thioether (sulfide) groups is 1. The van der Waals surface area contributed by atoms with Crippen molar-refractivity contribution in [1.29, 1.82) is 0 Å². The number of aliphatic carboxylic acids is 1. The van der Waals surface area contributed by atoms with Crippen molar-refractivity contribution in [3.63, 3.8) is 0 Å². The van der Waals surface area contributed by atoms with Crippen molar-refractivity contribution in [2.45, 2.75) is 31.1 Å². The highest BCUT2D eigenvalue weighted by molar-refractivity contribution is 7.99. The van der Waals surface area contributed by atoms with Gasteiger partial charge in [-0.05, 0) is 12.7 Å². The van der Waals surface area contributed by atoms with Crippen LogP contribution in [-0.2, 0) is 9.53 Å². The van der Waals surface area contributed by atoms with E-state index in [9.17, 15) is 9.59 Å². The Kier molecular flexibility index (Phi) is 9.49. The molecule has 0 saturated carbocycles. The minimum atomic E-state index is -0.946. The van der Waals surface area contributed by atoms with Crippen molar-refractivity contribution >= 4 is 23.8 Å². The Morgan fingerprint density at radius 1 is 1.39 bits per heavy atom. The van der Waals surface area contributed by atoms with E-state index in [4.69, 9.17) is 9.84 Å². The number of rotatable bonds is 9. The number of amides is 2. The van der Waals surface area contributed by atoms with Gasteiger partial charge in [0.25, 0.3) is 0 Å². The zero-order chi connectivity index (χ0) is 14.0. The van der Waals surface area contributed by atoms with Crippen LogP contribution >= 0.6 is 11.8 Å². The molecular formula is C11H22N2O4S. The van der Waals surface area contributed by atoms with Crippen molar-refractivity contribution in [3.8, 4) is 0 Å². The Morgan fingerprint density at radius 2 is 2.06 bits per heavy atom. The molecule has 2 amide bonds. The Balaban J connectivity index is 3.71. The minimum absolute atomic E-state index is 0.125. The molecule has 0 saturated heterocycles. The average Bonchev–Trinajstić information content (AvgIpc) is 2.33. The summed E-state index contributed by atoms with van der Waals surface area (Å²) in [5, 5.41) is 14.4. The van der Waals surface area contributed by atoms with Crippen LogP contribution in [0.5, 0.6) is 0 Å². The van der Waals surface area contributed by atoms with E-state index in [-0.39, 0.29) is 19.0 Å². The summed E-state index contributed by atoms with van der Waals surface area (Å²) in [4.78, 5) is 21.9. The molecule has 0 aromatic heterocycles. The number of hydrogen-bond acceptors (Lipinski definition) is 4. The third-order valence-corrected chi connectivity index (χ3v) is 3.51. The maximum atomic E-state index is 11.4. The number of carbonyl (C=O) groups excluding carboxylic acids is 1. The first-order chi connectivity index (χ1) is 8.49. The zero-order valence-corrected chi connectivity index (χ0v) is 11.9. The van der Waals surface area contributed by atoms with E-state index in [1.165, 1.54) is 7.11 Å². The summed E-state index contributed by atoms with van der Waals surface area (Å²) in [5.74, 6) is -0.946. The van der Waals surface area contributed by atoms with Crippen molar-refractivity contribution < 1.29 is 19.4 Å². The topological polar surface area (TPSA) is 87.7 Å². The molecule has 0 spiro atoms. The van der Waals surface area contributed by atoms with E-state index >= 15 is 0 Å². The van der Waals surface area contributed by atoms with E-state index in [0.29, 0.717) is 11.8 Å². The van der Waals surface area contributed by atoms with Crippen LogP contribution in [0.15, 0.2) is 0 Å². The fraction of sp³-hybridized carbons (Fsp3) is 0.818. The van der Waals surface area contributed by atoms with E-state index in [1.807, 2.05) is 6.26 Å². The van der Waals surface area contributed by atoms with Crippen LogP contribution in [0.3, 0.4) is 0 Å². The predicted molar refractivity (Wildman–Crippen MR) is 72.0 cm³/mol. The second-order valence-corrected chi connectivity index (χ2v) is 5.20. The molecule has 2 unspecified atom stereocenters. The fourth-order valence-corrected chi connectivity index (χ4v) is 1.56. The quantitative estimate of drug-likeness (QED) is 0.583. The van der Waals surface area contributed by atoms with E-state index in [2.05, 4.69) is 17.6 Å². The number of carboxylic acid groups (broad SMARTS) is 1. The SMILES string of the molecule is COC(CNC(=O)NCCC(C)SC)CC(=O)O. The van der Waals surface area contributed by atoms with Crippen molar-refractivity contribution in [3.05, 3.63) is 0 Å². The summed E-state index contributed by atoms with van der Waals surface area (Å²) >= 11 is 1.75. The first-order valence-electron chi connectivity index (χ1n) is 5.78. The van der Waals surface area contributed by atoms with Crippen LogP contribution in [0.2, 0.25) is 0 Å². The molecule has 7 heteroatoms. The van der Waals surface area contributed by atoms with Gasteiger partial charge in [-0.3, -0.25) is 4.79 Å². The highest BCUT2D eigenvalue weighted by Gasteiger charge is 2.13. The van der Waals surface area contributed by atoms with Crippen LogP contribution < -0.4 is 10.6 Å². The van der Waals surface area contributed by atoms with Crippen molar-refractivity contribution in [2.75, 3.05) is 26.5 Å². The highest BCUT2D eigenvalue weighted by atomic mass is 32.2. The largest absolute Gasteiger partial charge is 0.481 e. The number of carboxylic acids is 1. The Labute approximate surface area is 112 Å². The molecule has 18 heavy (non-hydrogen) atoms. The van der Waals surface area contributed by atoms with Gasteiger partial charge in [0.15, 0.2) is 0 Å². The number of ether oxygens (including phenoxy) is 1. The first kappa shape index (κ1) is 17.1. The molecule has 0 aromatic rings. The summed E-state index contributed by atoms with van der Waals surface area (Å²) in [7, 11) is 1.42. The monoisotopic (exact) mass is 278 g/mol. The molecule has 0 rings (SSSR count). The van der Waals surface area contributed by atoms with Gasteiger partial charge in [-0.2, -0.15) is 11.8 Å². The maximum Gasteiger partial charge on any atom is 0.314 e. The smallest absolute Gasteiger partial charge is 0.314 e. The minimum Gasteiger partial charge on any atom is -0.481 e. The van der Waals surface area contributed by atoms with E-state index in [1.54, 1.807) is 11.8 Å². The lowest BCUT2D eigenvalue weighted by molar-refractivity contribution is -0.139. The zero-order valence-electron chi connectivity index (χ0n) is 11.1.